The van der Waals surface area contributed by atoms with Gasteiger partial charge >= 0.3 is 0 Å². The van der Waals surface area contributed by atoms with E-state index in [2.05, 4.69) is 5.32 Å². The molecule has 16 heavy (non-hydrogen) atoms. The topological polar surface area (TPSA) is 72.5 Å². The van der Waals surface area contributed by atoms with Crippen LogP contribution >= 0.6 is 10.7 Å². The van der Waals surface area contributed by atoms with Crippen LogP contribution in [0.2, 0.25) is 0 Å². The minimum absolute atomic E-state index is 0.129. The molecule has 0 saturated heterocycles. The Morgan fingerprint density at radius 3 is 2.50 bits per heavy atom. The number of ether oxygens (including phenoxy) is 1. The average Bonchev–Trinajstić information content (AvgIpc) is 2.15. The number of carbonyl (C=O) groups is 1. The quantitative estimate of drug-likeness (QED) is 0.841. The maximum Gasteiger partial charge on any atom is 0.265 e. The largest absolute Gasteiger partial charge is 0.495 e. The van der Waals surface area contributed by atoms with Crippen LogP contribution in [0.4, 0.5) is 5.69 Å². The van der Waals surface area contributed by atoms with Gasteiger partial charge in [-0.25, -0.2) is 8.42 Å². The van der Waals surface area contributed by atoms with E-state index in [0.29, 0.717) is 5.69 Å². The lowest BCUT2D eigenvalue weighted by Gasteiger charge is -2.08. The molecule has 0 radical (unpaired) electrons. The molecule has 0 aliphatic rings. The van der Waals surface area contributed by atoms with Gasteiger partial charge in [-0.15, -0.1) is 0 Å². The minimum atomic E-state index is -3.91. The first-order valence-electron chi connectivity index (χ1n) is 4.25. The van der Waals surface area contributed by atoms with Gasteiger partial charge in [-0.1, -0.05) is 0 Å². The maximum absolute atomic E-state index is 11.2. The number of nitrogens with one attached hydrogen (secondary N) is 1. The molecule has 0 aromatic heterocycles. The molecule has 1 aromatic carbocycles. The average molecular weight is 264 g/mol. The number of amides is 1. The normalized spacial score (nSPS) is 10.9. The fourth-order valence-electron chi connectivity index (χ4n) is 1.15. The van der Waals surface area contributed by atoms with Gasteiger partial charge in [0.25, 0.3) is 9.05 Å². The summed E-state index contributed by atoms with van der Waals surface area (Å²) in [4.78, 5) is 10.6. The molecule has 1 aromatic rings. The van der Waals surface area contributed by atoms with Crippen LogP contribution < -0.4 is 10.1 Å². The number of benzene rings is 1. The molecule has 0 atom stereocenters. The first-order valence-corrected chi connectivity index (χ1v) is 6.56. The second kappa shape index (κ2) is 4.71. The predicted octanol–water partition coefficient (Wildman–Crippen LogP) is 1.58. The van der Waals surface area contributed by atoms with Crippen molar-refractivity contribution in [2.45, 2.75) is 11.8 Å². The zero-order valence-electron chi connectivity index (χ0n) is 8.65. The Kier molecular flexibility index (Phi) is 3.77. The molecule has 1 N–H and O–H groups in total. The molecule has 0 spiro atoms. The Morgan fingerprint density at radius 2 is 2.06 bits per heavy atom. The molecule has 88 valence electrons. The van der Waals surface area contributed by atoms with Crippen LogP contribution in [0.3, 0.4) is 0 Å². The van der Waals surface area contributed by atoms with Gasteiger partial charge in [-0.3, -0.25) is 4.79 Å². The minimum Gasteiger partial charge on any atom is -0.495 e. The van der Waals surface area contributed by atoms with Crippen LogP contribution in [0, 0.1) is 0 Å². The summed E-state index contributed by atoms with van der Waals surface area (Å²) in [5.41, 5.74) is 0.340. The molecule has 1 amide bonds. The first kappa shape index (κ1) is 12.8. The first-order chi connectivity index (χ1) is 7.34. The lowest BCUT2D eigenvalue weighted by Crippen LogP contribution is -2.06. The zero-order valence-corrected chi connectivity index (χ0v) is 10.2. The number of carbonyl (C=O) groups excluding carboxylic acids is 1. The molecule has 5 nitrogen and oxygen atoms in total. The van der Waals surface area contributed by atoms with Crippen molar-refractivity contribution in [3.8, 4) is 5.75 Å². The fraction of sp³-hybridized carbons (Fsp3) is 0.222. The molecule has 0 bridgehead atoms. The van der Waals surface area contributed by atoms with Crippen molar-refractivity contribution in [1.29, 1.82) is 0 Å². The number of methoxy groups -OCH3 is 1. The van der Waals surface area contributed by atoms with Crippen LogP contribution in [-0.4, -0.2) is 21.4 Å². The van der Waals surface area contributed by atoms with Crippen LogP contribution in [-0.2, 0) is 13.8 Å². The summed E-state index contributed by atoms with van der Waals surface area (Å²) < 4.78 is 27.3. The summed E-state index contributed by atoms with van der Waals surface area (Å²) in [5.74, 6) is -0.174. The van der Waals surface area contributed by atoms with Gasteiger partial charge in [-0.2, -0.15) is 0 Å². The van der Waals surface area contributed by atoms with Crippen LogP contribution in [0.25, 0.3) is 0 Å². The third kappa shape index (κ3) is 3.11. The summed E-state index contributed by atoms with van der Waals surface area (Å²) in [5, 5.41) is 2.45. The van der Waals surface area contributed by atoms with E-state index < -0.39 is 9.05 Å². The molecule has 0 aliphatic heterocycles. The summed E-state index contributed by atoms with van der Waals surface area (Å²) >= 11 is 0. The van der Waals surface area contributed by atoms with Gasteiger partial charge in [-0.05, 0) is 18.2 Å². The molecular weight excluding hydrogens is 254 g/mol. The molecule has 0 unspecified atom stereocenters. The molecule has 0 heterocycles. The summed E-state index contributed by atoms with van der Waals surface area (Å²) in [7, 11) is 2.65. The Hall–Kier alpha value is -1.27. The van der Waals surface area contributed by atoms with Crippen molar-refractivity contribution < 1.29 is 17.9 Å². The third-order valence-electron chi connectivity index (χ3n) is 1.75. The summed E-state index contributed by atoms with van der Waals surface area (Å²) in [6, 6.07) is 4.18. The van der Waals surface area contributed by atoms with Crippen molar-refractivity contribution >= 4 is 31.3 Å². The monoisotopic (exact) mass is 263 g/mol. The van der Waals surface area contributed by atoms with Crippen molar-refractivity contribution in [3.05, 3.63) is 18.2 Å². The van der Waals surface area contributed by atoms with Crippen LogP contribution in [0.1, 0.15) is 6.92 Å². The number of hydrogen-bond acceptors (Lipinski definition) is 4. The third-order valence-corrected chi connectivity index (χ3v) is 3.09. The Bertz CT molecular complexity index is 512. The van der Waals surface area contributed by atoms with Gasteiger partial charge in [0.2, 0.25) is 5.91 Å². The smallest absolute Gasteiger partial charge is 0.265 e. The van der Waals surface area contributed by atoms with Crippen molar-refractivity contribution in [3.63, 3.8) is 0 Å². The lowest BCUT2D eigenvalue weighted by atomic mass is 10.3. The fourth-order valence-corrected chi connectivity index (χ4v) is 2.17. The highest BCUT2D eigenvalue weighted by Crippen LogP contribution is 2.29. The molecular formula is C9H10ClNO4S. The second-order valence-corrected chi connectivity index (χ2v) is 5.52. The SMILES string of the molecule is COc1ccc(NC(C)=O)cc1S(=O)(=O)Cl. The Balaban J connectivity index is 3.27. The van der Waals surface area contributed by atoms with Crippen LogP contribution in [0.5, 0.6) is 5.75 Å². The molecule has 0 saturated carbocycles. The van der Waals surface area contributed by atoms with Gasteiger partial charge in [0.05, 0.1) is 7.11 Å². The summed E-state index contributed by atoms with van der Waals surface area (Å²) in [6.07, 6.45) is 0. The number of rotatable bonds is 3. The molecule has 0 aliphatic carbocycles. The van der Waals surface area contributed by atoms with E-state index >= 15 is 0 Å². The highest BCUT2D eigenvalue weighted by molar-refractivity contribution is 8.13. The highest BCUT2D eigenvalue weighted by Gasteiger charge is 2.17. The van der Waals surface area contributed by atoms with Crippen molar-refractivity contribution in [1.82, 2.24) is 0 Å². The molecule has 1 rings (SSSR count). The number of halogens is 1. The predicted molar refractivity (Wildman–Crippen MR) is 60.3 cm³/mol. The van der Waals surface area contributed by atoms with Crippen LogP contribution in [0.15, 0.2) is 23.1 Å². The van der Waals surface area contributed by atoms with Gasteiger partial charge in [0.1, 0.15) is 10.6 Å². The molecule has 7 heteroatoms. The second-order valence-electron chi connectivity index (χ2n) is 2.98. The summed E-state index contributed by atoms with van der Waals surface area (Å²) in [6.45, 7) is 1.32. The van der Waals surface area contributed by atoms with Crippen molar-refractivity contribution in [2.24, 2.45) is 0 Å². The maximum atomic E-state index is 11.2. The van der Waals surface area contributed by atoms with E-state index in [9.17, 15) is 13.2 Å². The van der Waals surface area contributed by atoms with Gasteiger partial charge < -0.3 is 10.1 Å². The zero-order chi connectivity index (χ0) is 12.3. The van der Waals surface area contributed by atoms with Crippen molar-refractivity contribution in [2.75, 3.05) is 12.4 Å². The number of hydrogen-bond donors (Lipinski definition) is 1. The molecule has 0 fully saturated rings. The van der Waals surface area contributed by atoms with E-state index in [1.165, 1.54) is 32.2 Å². The highest BCUT2D eigenvalue weighted by atomic mass is 35.7. The van der Waals surface area contributed by atoms with E-state index in [1.807, 2.05) is 0 Å². The van der Waals surface area contributed by atoms with E-state index in [1.54, 1.807) is 0 Å². The van der Waals surface area contributed by atoms with E-state index in [0.717, 1.165) is 0 Å². The van der Waals surface area contributed by atoms with Gasteiger partial charge in [0.15, 0.2) is 0 Å². The standard InChI is InChI=1S/C9H10ClNO4S/c1-6(12)11-7-3-4-8(15-2)9(5-7)16(10,13)14/h3-5H,1-2H3,(H,11,12). The van der Waals surface area contributed by atoms with E-state index in [4.69, 9.17) is 15.4 Å². The number of anilines is 1. The lowest BCUT2D eigenvalue weighted by molar-refractivity contribution is -0.114. The van der Waals surface area contributed by atoms with E-state index in [-0.39, 0.29) is 16.6 Å². The Morgan fingerprint density at radius 1 is 1.44 bits per heavy atom. The Labute approximate surface area is 97.8 Å². The van der Waals surface area contributed by atoms with Gasteiger partial charge in [0, 0.05) is 23.3 Å².